The normalized spacial score (nSPS) is 11.2. The van der Waals surface area contributed by atoms with Crippen LogP contribution in [0, 0.1) is 6.92 Å². The molecule has 1 aromatic heterocycles. The van der Waals surface area contributed by atoms with Gasteiger partial charge < -0.3 is 20.4 Å². The highest BCUT2D eigenvalue weighted by Crippen LogP contribution is 2.32. The molecule has 5 nitrogen and oxygen atoms in total. The Bertz CT molecular complexity index is 1220. The largest absolute Gasteiger partial charge is 0.490 e. The van der Waals surface area contributed by atoms with Gasteiger partial charge in [-0.25, -0.2) is 0 Å². The van der Waals surface area contributed by atoms with Gasteiger partial charge >= 0.3 is 0 Å². The summed E-state index contributed by atoms with van der Waals surface area (Å²) in [7, 11) is 0. The second kappa shape index (κ2) is 8.38. The number of para-hydroxylation sites is 1. The zero-order chi connectivity index (χ0) is 21.3. The minimum absolute atomic E-state index is 0.219. The van der Waals surface area contributed by atoms with Crippen LogP contribution in [0.2, 0.25) is 5.02 Å². The molecule has 0 aliphatic rings. The monoisotopic (exact) mass is 421 g/mol. The van der Waals surface area contributed by atoms with Gasteiger partial charge in [0.05, 0.1) is 5.02 Å². The number of anilines is 1. The molecule has 0 aliphatic heterocycles. The molecule has 4 aromatic rings. The fourth-order valence-electron chi connectivity index (χ4n) is 3.88. The maximum Gasteiger partial charge on any atom is 0.255 e. The Morgan fingerprint density at radius 3 is 2.60 bits per heavy atom. The van der Waals surface area contributed by atoms with Crippen LogP contribution in [-0.4, -0.2) is 23.6 Å². The molecule has 0 fully saturated rings. The van der Waals surface area contributed by atoms with Crippen LogP contribution in [0.5, 0.6) is 5.75 Å². The van der Waals surface area contributed by atoms with E-state index in [-0.39, 0.29) is 5.91 Å². The smallest absolute Gasteiger partial charge is 0.255 e. The third kappa shape index (κ3) is 3.62. The van der Waals surface area contributed by atoms with Crippen molar-refractivity contribution < 1.29 is 9.53 Å². The van der Waals surface area contributed by atoms with Crippen molar-refractivity contribution in [3.63, 3.8) is 0 Å². The van der Waals surface area contributed by atoms with Crippen LogP contribution in [0.25, 0.3) is 21.8 Å². The standard InChI is InChI=1S/C24H24ClN3O2/c1-3-28-21-7-5-4-6-18(21)19-14-17(8-9-22(19)28)27-24(29)16-12-15(2)23(20(25)13-16)30-11-10-26/h4-9,12-14H,3,10-11,26H2,1-2H3,(H,27,29). The van der Waals surface area contributed by atoms with Crippen LogP contribution < -0.4 is 15.8 Å². The zero-order valence-electron chi connectivity index (χ0n) is 17.0. The van der Waals surface area contributed by atoms with Crippen molar-refractivity contribution in [2.75, 3.05) is 18.5 Å². The Kier molecular flexibility index (Phi) is 5.66. The molecule has 0 atom stereocenters. The number of aromatic nitrogens is 1. The lowest BCUT2D eigenvalue weighted by Crippen LogP contribution is -2.14. The van der Waals surface area contributed by atoms with Crippen molar-refractivity contribution in [2.45, 2.75) is 20.4 Å². The number of rotatable bonds is 6. The number of fused-ring (bicyclic) bond motifs is 3. The molecule has 0 spiro atoms. The number of hydrogen-bond donors (Lipinski definition) is 2. The van der Waals surface area contributed by atoms with Crippen LogP contribution >= 0.6 is 11.6 Å². The van der Waals surface area contributed by atoms with Crippen LogP contribution in [-0.2, 0) is 6.54 Å². The molecule has 154 valence electrons. The molecule has 30 heavy (non-hydrogen) atoms. The third-order valence-electron chi connectivity index (χ3n) is 5.20. The first-order valence-electron chi connectivity index (χ1n) is 9.98. The average Bonchev–Trinajstić information content (AvgIpc) is 3.06. The highest BCUT2D eigenvalue weighted by Gasteiger charge is 2.15. The molecule has 0 aliphatic carbocycles. The maximum absolute atomic E-state index is 12.9. The van der Waals surface area contributed by atoms with Gasteiger partial charge in [-0.3, -0.25) is 4.79 Å². The summed E-state index contributed by atoms with van der Waals surface area (Å²) in [6, 6.07) is 17.7. The predicted octanol–water partition coefficient (Wildman–Crippen LogP) is 5.37. The van der Waals surface area contributed by atoms with E-state index in [1.165, 1.54) is 10.9 Å². The summed E-state index contributed by atoms with van der Waals surface area (Å²) in [5, 5.41) is 5.68. The molecule has 6 heteroatoms. The lowest BCUT2D eigenvalue weighted by molar-refractivity contribution is 0.102. The first kappa shape index (κ1) is 20.3. The highest BCUT2D eigenvalue weighted by atomic mass is 35.5. The molecule has 0 unspecified atom stereocenters. The van der Waals surface area contributed by atoms with Crippen LogP contribution in [0.1, 0.15) is 22.8 Å². The summed E-state index contributed by atoms with van der Waals surface area (Å²) in [4.78, 5) is 12.9. The summed E-state index contributed by atoms with van der Waals surface area (Å²) < 4.78 is 7.86. The number of benzene rings is 3. The summed E-state index contributed by atoms with van der Waals surface area (Å²) in [5.41, 5.74) is 9.84. The van der Waals surface area contributed by atoms with Gasteiger partial charge in [0, 0.05) is 46.1 Å². The second-order valence-electron chi connectivity index (χ2n) is 7.19. The molecule has 0 saturated carbocycles. The Hall–Kier alpha value is -3.02. The Balaban J connectivity index is 1.66. The van der Waals surface area contributed by atoms with E-state index in [1.54, 1.807) is 12.1 Å². The van der Waals surface area contributed by atoms with Crippen molar-refractivity contribution in [1.29, 1.82) is 0 Å². The molecule has 0 saturated heterocycles. The van der Waals surface area contributed by atoms with Gasteiger partial charge in [-0.2, -0.15) is 0 Å². The summed E-state index contributed by atoms with van der Waals surface area (Å²) in [5.74, 6) is 0.344. The fraction of sp³-hybridized carbons (Fsp3) is 0.208. The van der Waals surface area contributed by atoms with Crippen molar-refractivity contribution in [3.8, 4) is 5.75 Å². The molecule has 3 aromatic carbocycles. The lowest BCUT2D eigenvalue weighted by Gasteiger charge is -2.13. The number of nitrogens with zero attached hydrogens (tertiary/aromatic N) is 1. The van der Waals surface area contributed by atoms with Crippen LogP contribution in [0.15, 0.2) is 54.6 Å². The van der Waals surface area contributed by atoms with Gasteiger partial charge in [-0.1, -0.05) is 29.8 Å². The van der Waals surface area contributed by atoms with E-state index in [2.05, 4.69) is 35.0 Å². The first-order valence-corrected chi connectivity index (χ1v) is 10.4. The van der Waals surface area contributed by atoms with E-state index >= 15 is 0 Å². The number of nitrogens with one attached hydrogen (secondary N) is 1. The SMILES string of the molecule is CCn1c2ccccc2c2cc(NC(=O)c3cc(C)c(OCCN)c(Cl)c3)ccc21. The summed E-state index contributed by atoms with van der Waals surface area (Å²) >= 11 is 6.33. The lowest BCUT2D eigenvalue weighted by atomic mass is 10.1. The van der Waals surface area contributed by atoms with Crippen LogP contribution in [0.3, 0.4) is 0 Å². The van der Waals surface area contributed by atoms with Gasteiger partial charge in [-0.15, -0.1) is 0 Å². The number of halogens is 1. The Morgan fingerprint density at radius 2 is 1.87 bits per heavy atom. The van der Waals surface area contributed by atoms with Gasteiger partial charge in [0.15, 0.2) is 0 Å². The van der Waals surface area contributed by atoms with E-state index in [1.807, 2.05) is 31.2 Å². The number of aryl methyl sites for hydroxylation is 2. The Labute approximate surface area is 180 Å². The van der Waals surface area contributed by atoms with E-state index in [4.69, 9.17) is 22.1 Å². The number of hydrogen-bond acceptors (Lipinski definition) is 3. The van der Waals surface area contributed by atoms with Crippen molar-refractivity contribution in [1.82, 2.24) is 4.57 Å². The van der Waals surface area contributed by atoms with Crippen molar-refractivity contribution >= 4 is 45.0 Å². The van der Waals surface area contributed by atoms with E-state index in [0.29, 0.717) is 29.5 Å². The maximum atomic E-state index is 12.9. The molecule has 1 amide bonds. The zero-order valence-corrected chi connectivity index (χ0v) is 17.8. The minimum atomic E-state index is -0.219. The van der Waals surface area contributed by atoms with Gasteiger partial charge in [-0.05, 0) is 55.8 Å². The fourth-order valence-corrected chi connectivity index (χ4v) is 4.20. The molecular formula is C24H24ClN3O2. The van der Waals surface area contributed by atoms with E-state index < -0.39 is 0 Å². The summed E-state index contributed by atoms with van der Waals surface area (Å²) in [6.45, 7) is 5.65. The number of carbonyl (C=O) groups is 1. The predicted molar refractivity (Wildman–Crippen MR) is 124 cm³/mol. The quantitative estimate of drug-likeness (QED) is 0.440. The Morgan fingerprint density at radius 1 is 1.10 bits per heavy atom. The first-order chi connectivity index (χ1) is 14.5. The molecule has 3 N–H and O–H groups in total. The number of amides is 1. The second-order valence-corrected chi connectivity index (χ2v) is 7.60. The third-order valence-corrected chi connectivity index (χ3v) is 5.48. The highest BCUT2D eigenvalue weighted by molar-refractivity contribution is 6.32. The molecule has 0 radical (unpaired) electrons. The van der Waals surface area contributed by atoms with Crippen molar-refractivity contribution in [2.24, 2.45) is 5.73 Å². The van der Waals surface area contributed by atoms with Gasteiger partial charge in [0.2, 0.25) is 0 Å². The molecule has 0 bridgehead atoms. The van der Waals surface area contributed by atoms with Gasteiger partial charge in [0.1, 0.15) is 12.4 Å². The van der Waals surface area contributed by atoms with Crippen molar-refractivity contribution in [3.05, 3.63) is 70.7 Å². The van der Waals surface area contributed by atoms with E-state index in [9.17, 15) is 4.79 Å². The average molecular weight is 422 g/mol. The molecular weight excluding hydrogens is 398 g/mol. The van der Waals surface area contributed by atoms with E-state index in [0.717, 1.165) is 28.7 Å². The van der Waals surface area contributed by atoms with Crippen LogP contribution in [0.4, 0.5) is 5.69 Å². The molecule has 4 rings (SSSR count). The minimum Gasteiger partial charge on any atom is -0.490 e. The number of nitrogens with two attached hydrogens (primary N) is 1. The molecule has 1 heterocycles. The topological polar surface area (TPSA) is 69.3 Å². The summed E-state index contributed by atoms with van der Waals surface area (Å²) in [6.07, 6.45) is 0. The number of ether oxygens (including phenoxy) is 1. The number of carbonyl (C=O) groups excluding carboxylic acids is 1. The van der Waals surface area contributed by atoms with Gasteiger partial charge in [0.25, 0.3) is 5.91 Å².